The van der Waals surface area contributed by atoms with Crippen LogP contribution >= 0.6 is 11.3 Å². The summed E-state index contributed by atoms with van der Waals surface area (Å²) < 4.78 is 5.93. The first-order chi connectivity index (χ1) is 9.20. The summed E-state index contributed by atoms with van der Waals surface area (Å²) in [6, 6.07) is 8.49. The van der Waals surface area contributed by atoms with E-state index in [1.807, 2.05) is 31.3 Å². The van der Waals surface area contributed by atoms with Crippen LogP contribution in [0.2, 0.25) is 0 Å². The number of nitrogens with zero attached hydrogens (tertiary/aromatic N) is 1. The maximum absolute atomic E-state index is 5.93. The van der Waals surface area contributed by atoms with Crippen molar-refractivity contribution in [2.45, 2.75) is 33.4 Å². The summed E-state index contributed by atoms with van der Waals surface area (Å²) in [4.78, 5) is 5.40. The highest BCUT2D eigenvalue weighted by Crippen LogP contribution is 2.26. The zero-order chi connectivity index (χ0) is 13.7. The van der Waals surface area contributed by atoms with Crippen molar-refractivity contribution in [3.05, 3.63) is 45.9 Å². The van der Waals surface area contributed by atoms with Gasteiger partial charge in [-0.2, -0.15) is 0 Å². The van der Waals surface area contributed by atoms with Crippen LogP contribution in [0.1, 0.15) is 35.3 Å². The van der Waals surface area contributed by atoms with Gasteiger partial charge in [0.05, 0.1) is 9.88 Å². The minimum Gasteiger partial charge on any atom is -0.488 e. The highest BCUT2D eigenvalue weighted by Gasteiger charge is 2.10. The fraction of sp³-hybridized carbons (Fsp3) is 0.400. The van der Waals surface area contributed by atoms with Gasteiger partial charge in [-0.15, -0.1) is 11.3 Å². The largest absolute Gasteiger partial charge is 0.488 e. The Hall–Kier alpha value is -1.39. The third-order valence-corrected chi connectivity index (χ3v) is 3.82. The van der Waals surface area contributed by atoms with Gasteiger partial charge >= 0.3 is 0 Å². The van der Waals surface area contributed by atoms with Gasteiger partial charge in [-0.05, 0) is 26.5 Å². The molecule has 1 N–H and O–H groups in total. The fourth-order valence-corrected chi connectivity index (χ4v) is 2.71. The molecule has 0 saturated carbocycles. The molecule has 3 nitrogen and oxygen atoms in total. The number of rotatable bonds is 6. The van der Waals surface area contributed by atoms with E-state index in [9.17, 15) is 0 Å². The third-order valence-electron chi connectivity index (χ3n) is 2.93. The van der Waals surface area contributed by atoms with Crippen molar-refractivity contribution in [1.82, 2.24) is 10.3 Å². The smallest absolute Gasteiger partial charge is 0.124 e. The van der Waals surface area contributed by atoms with Crippen LogP contribution in [0.5, 0.6) is 5.75 Å². The van der Waals surface area contributed by atoms with Crippen LogP contribution in [0.25, 0.3) is 0 Å². The summed E-state index contributed by atoms with van der Waals surface area (Å²) in [7, 11) is 0. The van der Waals surface area contributed by atoms with Gasteiger partial charge < -0.3 is 10.1 Å². The summed E-state index contributed by atoms with van der Waals surface area (Å²) >= 11 is 1.68. The highest BCUT2D eigenvalue weighted by molar-refractivity contribution is 7.11. The maximum Gasteiger partial charge on any atom is 0.124 e. The molecule has 0 spiro atoms. The maximum atomic E-state index is 5.93. The number of para-hydroxylation sites is 1. The van der Waals surface area contributed by atoms with Gasteiger partial charge in [-0.25, -0.2) is 4.98 Å². The number of nitrogens with one attached hydrogen (secondary N) is 1. The van der Waals surface area contributed by atoms with Crippen LogP contribution in [0, 0.1) is 6.92 Å². The number of aromatic nitrogens is 1. The van der Waals surface area contributed by atoms with Crippen LogP contribution in [0.15, 0.2) is 30.5 Å². The Kier molecular flexibility index (Phi) is 4.93. The molecule has 0 fully saturated rings. The summed E-state index contributed by atoms with van der Waals surface area (Å²) in [5, 5.41) is 4.49. The molecule has 1 unspecified atom stereocenters. The Morgan fingerprint density at radius 2 is 2.16 bits per heavy atom. The molecule has 2 rings (SSSR count). The quantitative estimate of drug-likeness (QED) is 0.873. The predicted octanol–water partition coefficient (Wildman–Crippen LogP) is 3.70. The van der Waals surface area contributed by atoms with Crippen molar-refractivity contribution in [2.75, 3.05) is 6.54 Å². The van der Waals surface area contributed by atoms with Gasteiger partial charge in [0, 0.05) is 17.8 Å². The van der Waals surface area contributed by atoms with Gasteiger partial charge in [-0.1, -0.05) is 25.1 Å². The Labute approximate surface area is 118 Å². The van der Waals surface area contributed by atoms with Crippen LogP contribution in [-0.4, -0.2) is 11.5 Å². The molecular weight excluding hydrogens is 256 g/mol. The average Bonchev–Trinajstić information content (AvgIpc) is 2.83. The number of benzene rings is 1. The predicted molar refractivity (Wildman–Crippen MR) is 79.7 cm³/mol. The van der Waals surface area contributed by atoms with E-state index < -0.39 is 0 Å². The molecule has 1 heterocycles. The van der Waals surface area contributed by atoms with Crippen molar-refractivity contribution in [1.29, 1.82) is 0 Å². The molecular formula is C15H20N2OS. The van der Waals surface area contributed by atoms with E-state index in [0.717, 1.165) is 22.2 Å². The van der Waals surface area contributed by atoms with Crippen molar-refractivity contribution in [2.24, 2.45) is 0 Å². The molecule has 102 valence electrons. The molecule has 0 aliphatic rings. The van der Waals surface area contributed by atoms with E-state index in [1.165, 1.54) is 5.56 Å². The summed E-state index contributed by atoms with van der Waals surface area (Å²) in [6.45, 7) is 7.81. The Morgan fingerprint density at radius 3 is 2.84 bits per heavy atom. The lowest BCUT2D eigenvalue weighted by Gasteiger charge is -2.17. The first kappa shape index (κ1) is 14.0. The molecule has 0 radical (unpaired) electrons. The monoisotopic (exact) mass is 276 g/mol. The SMILES string of the molecule is CCNC(C)c1ccccc1OCc1cnc(C)s1. The molecule has 0 amide bonds. The zero-order valence-corrected chi connectivity index (χ0v) is 12.5. The van der Waals surface area contributed by atoms with Crippen LogP contribution in [0.4, 0.5) is 0 Å². The van der Waals surface area contributed by atoms with Crippen molar-refractivity contribution >= 4 is 11.3 Å². The van der Waals surface area contributed by atoms with Crippen LogP contribution in [0.3, 0.4) is 0 Å². The van der Waals surface area contributed by atoms with E-state index in [4.69, 9.17) is 4.74 Å². The third kappa shape index (κ3) is 3.78. The lowest BCUT2D eigenvalue weighted by atomic mass is 10.1. The van der Waals surface area contributed by atoms with Crippen LogP contribution in [-0.2, 0) is 6.61 Å². The van der Waals surface area contributed by atoms with Crippen molar-refractivity contribution in [3.8, 4) is 5.75 Å². The van der Waals surface area contributed by atoms with Crippen molar-refractivity contribution < 1.29 is 4.74 Å². The lowest BCUT2D eigenvalue weighted by Crippen LogP contribution is -2.18. The van der Waals surface area contributed by atoms with Gasteiger partial charge in [-0.3, -0.25) is 0 Å². The molecule has 0 aliphatic heterocycles. The second-order valence-electron chi connectivity index (χ2n) is 4.45. The summed E-state index contributed by atoms with van der Waals surface area (Å²) in [5.41, 5.74) is 1.20. The molecule has 1 aromatic heterocycles. The van der Waals surface area contributed by atoms with Gasteiger partial charge in [0.15, 0.2) is 0 Å². The molecule has 0 aliphatic carbocycles. The topological polar surface area (TPSA) is 34.1 Å². The number of hydrogen-bond donors (Lipinski definition) is 1. The summed E-state index contributed by atoms with van der Waals surface area (Å²) in [6.07, 6.45) is 1.89. The zero-order valence-electron chi connectivity index (χ0n) is 11.6. The van der Waals surface area contributed by atoms with Crippen LogP contribution < -0.4 is 10.1 Å². The molecule has 1 aromatic carbocycles. The molecule has 0 bridgehead atoms. The molecule has 1 atom stereocenters. The number of thiazole rings is 1. The summed E-state index contributed by atoms with van der Waals surface area (Å²) in [5.74, 6) is 0.946. The molecule has 19 heavy (non-hydrogen) atoms. The van der Waals surface area contributed by atoms with E-state index in [1.54, 1.807) is 11.3 Å². The average molecular weight is 276 g/mol. The minimum atomic E-state index is 0.296. The standard InChI is InChI=1S/C15H20N2OS/c1-4-16-11(2)14-7-5-6-8-15(14)18-10-13-9-17-12(3)19-13/h5-9,11,16H,4,10H2,1-3H3. The molecule has 4 heteroatoms. The van der Waals surface area contributed by atoms with E-state index in [2.05, 4.69) is 30.2 Å². The Bertz CT molecular complexity index is 524. The van der Waals surface area contributed by atoms with Crippen molar-refractivity contribution in [3.63, 3.8) is 0 Å². The Morgan fingerprint density at radius 1 is 1.37 bits per heavy atom. The van der Waals surface area contributed by atoms with Gasteiger partial charge in [0.25, 0.3) is 0 Å². The number of aryl methyl sites for hydroxylation is 1. The highest BCUT2D eigenvalue weighted by atomic mass is 32.1. The van der Waals surface area contributed by atoms with E-state index >= 15 is 0 Å². The van der Waals surface area contributed by atoms with Gasteiger partial charge in [0.2, 0.25) is 0 Å². The van der Waals surface area contributed by atoms with Gasteiger partial charge in [0.1, 0.15) is 12.4 Å². The number of hydrogen-bond acceptors (Lipinski definition) is 4. The normalized spacial score (nSPS) is 12.4. The second-order valence-corrected chi connectivity index (χ2v) is 5.77. The second kappa shape index (κ2) is 6.68. The lowest BCUT2D eigenvalue weighted by molar-refractivity contribution is 0.303. The molecule has 0 saturated heterocycles. The molecule has 2 aromatic rings. The first-order valence-electron chi connectivity index (χ1n) is 6.57. The van der Waals surface area contributed by atoms with E-state index in [0.29, 0.717) is 12.6 Å². The fourth-order valence-electron chi connectivity index (χ4n) is 2.01. The Balaban J connectivity index is 2.07. The minimum absolute atomic E-state index is 0.296. The first-order valence-corrected chi connectivity index (χ1v) is 7.38. The number of ether oxygens (including phenoxy) is 1. The van der Waals surface area contributed by atoms with E-state index in [-0.39, 0.29) is 0 Å².